The van der Waals surface area contributed by atoms with Gasteiger partial charge in [-0.1, -0.05) is 78.9 Å². The van der Waals surface area contributed by atoms with E-state index in [0.717, 1.165) is 65.6 Å². The van der Waals surface area contributed by atoms with E-state index < -0.39 is 0 Å². The topological polar surface area (TPSA) is 33.2 Å². The number of hydrogen-bond donors (Lipinski definition) is 0. The summed E-state index contributed by atoms with van der Waals surface area (Å²) >= 11 is 0. The molecule has 1 fully saturated rings. The first-order chi connectivity index (χ1) is 15.7. The zero-order valence-electron chi connectivity index (χ0n) is 18.5. The molecular weight excluding hydrogens is 392 g/mol. The predicted octanol–water partition coefficient (Wildman–Crippen LogP) is 6.31. The fraction of sp³-hybridized carbons (Fsp3) is 0.241. The van der Waals surface area contributed by atoms with Gasteiger partial charge in [-0.2, -0.15) is 0 Å². The van der Waals surface area contributed by atoms with Gasteiger partial charge in [-0.05, 0) is 49.3 Å². The summed E-state index contributed by atoms with van der Waals surface area (Å²) in [5.41, 5.74) is 6.05. The molecule has 1 aliphatic heterocycles. The van der Waals surface area contributed by atoms with E-state index in [1.165, 1.54) is 5.56 Å². The molecule has 3 nitrogen and oxygen atoms in total. The third kappa shape index (κ3) is 4.16. The van der Waals surface area contributed by atoms with Gasteiger partial charge in [0, 0.05) is 24.0 Å². The lowest BCUT2D eigenvalue weighted by Gasteiger charge is -2.32. The summed E-state index contributed by atoms with van der Waals surface area (Å²) in [6, 6.07) is 28.9. The number of carbonyl (C=O) groups is 1. The van der Waals surface area contributed by atoms with E-state index in [0.29, 0.717) is 5.92 Å². The summed E-state index contributed by atoms with van der Waals surface area (Å²) in [7, 11) is 0. The number of nitrogens with zero attached hydrogens (tertiary/aromatic N) is 2. The molecule has 0 aliphatic carbocycles. The molecule has 3 aromatic carbocycles. The number of para-hydroxylation sites is 1. The van der Waals surface area contributed by atoms with Crippen molar-refractivity contribution in [2.24, 2.45) is 5.92 Å². The predicted molar refractivity (Wildman–Crippen MR) is 131 cm³/mol. The first-order valence-electron chi connectivity index (χ1n) is 11.5. The Kier molecular flexibility index (Phi) is 5.72. The van der Waals surface area contributed by atoms with Crippen LogP contribution in [0.1, 0.15) is 34.3 Å². The number of piperidine rings is 1. The highest BCUT2D eigenvalue weighted by Crippen LogP contribution is 2.29. The van der Waals surface area contributed by atoms with Gasteiger partial charge >= 0.3 is 0 Å². The van der Waals surface area contributed by atoms with Crippen LogP contribution < -0.4 is 0 Å². The van der Waals surface area contributed by atoms with E-state index in [9.17, 15) is 4.79 Å². The van der Waals surface area contributed by atoms with Gasteiger partial charge in [0.15, 0.2) is 0 Å². The monoisotopic (exact) mass is 420 g/mol. The molecule has 0 bridgehead atoms. The maximum Gasteiger partial charge on any atom is 0.254 e. The highest BCUT2D eigenvalue weighted by atomic mass is 16.2. The maximum atomic E-state index is 13.7. The molecule has 160 valence electrons. The van der Waals surface area contributed by atoms with Crippen LogP contribution in [0.5, 0.6) is 0 Å². The van der Waals surface area contributed by atoms with Crippen molar-refractivity contribution in [1.82, 2.24) is 9.88 Å². The summed E-state index contributed by atoms with van der Waals surface area (Å²) < 4.78 is 0. The number of hydrogen-bond acceptors (Lipinski definition) is 2. The average molecular weight is 421 g/mol. The minimum absolute atomic E-state index is 0.123. The minimum atomic E-state index is 0.123. The van der Waals surface area contributed by atoms with Crippen LogP contribution in [0.4, 0.5) is 0 Å². The number of rotatable bonds is 4. The fourth-order valence-electron chi connectivity index (χ4n) is 4.78. The summed E-state index contributed by atoms with van der Waals surface area (Å²) in [5.74, 6) is 0.760. The van der Waals surface area contributed by atoms with Gasteiger partial charge in [0.25, 0.3) is 5.91 Å². The number of aromatic nitrogens is 1. The molecule has 1 saturated heterocycles. The molecule has 0 radical (unpaired) electrons. The molecule has 0 saturated carbocycles. The lowest BCUT2D eigenvalue weighted by atomic mass is 9.90. The van der Waals surface area contributed by atoms with Crippen LogP contribution in [0.25, 0.3) is 22.2 Å². The number of likely N-dealkylation sites (tertiary alicyclic amines) is 1. The van der Waals surface area contributed by atoms with E-state index in [1.54, 1.807) is 0 Å². The lowest BCUT2D eigenvalue weighted by molar-refractivity contribution is 0.0692. The Balaban J connectivity index is 1.41. The molecule has 0 atom stereocenters. The molecule has 1 aliphatic rings. The van der Waals surface area contributed by atoms with E-state index >= 15 is 0 Å². The standard InChI is InChI=1S/C29H28N2O/c1-21-9-8-14-25-26(20-27(30-28(21)25)24-12-6-3-7-13-24)29(32)31-17-15-23(16-18-31)19-22-10-4-2-5-11-22/h2-14,20,23H,15-19H2,1H3. The summed E-state index contributed by atoms with van der Waals surface area (Å²) in [6.07, 6.45) is 3.20. The Hall–Kier alpha value is -3.46. The Labute approximate surface area is 189 Å². The van der Waals surface area contributed by atoms with E-state index in [1.807, 2.05) is 41.3 Å². The zero-order valence-corrected chi connectivity index (χ0v) is 18.5. The maximum absolute atomic E-state index is 13.7. The molecule has 0 unspecified atom stereocenters. The third-order valence-electron chi connectivity index (χ3n) is 6.61. The smallest absolute Gasteiger partial charge is 0.254 e. The van der Waals surface area contributed by atoms with Crippen molar-refractivity contribution in [3.05, 3.63) is 102 Å². The van der Waals surface area contributed by atoms with Gasteiger partial charge in [-0.3, -0.25) is 4.79 Å². The number of aryl methyl sites for hydroxylation is 1. The molecule has 3 heteroatoms. The van der Waals surface area contributed by atoms with Crippen molar-refractivity contribution >= 4 is 16.8 Å². The lowest BCUT2D eigenvalue weighted by Crippen LogP contribution is -2.39. The Morgan fingerprint density at radius 2 is 1.59 bits per heavy atom. The SMILES string of the molecule is Cc1cccc2c(C(=O)N3CCC(Cc4ccccc4)CC3)cc(-c3ccccc3)nc12. The van der Waals surface area contributed by atoms with Crippen molar-refractivity contribution in [2.75, 3.05) is 13.1 Å². The fourth-order valence-corrected chi connectivity index (χ4v) is 4.78. The Bertz CT molecular complexity index is 1230. The molecule has 1 amide bonds. The van der Waals surface area contributed by atoms with Gasteiger partial charge in [0.05, 0.1) is 16.8 Å². The highest BCUT2D eigenvalue weighted by Gasteiger charge is 2.25. The number of pyridine rings is 1. The molecule has 5 rings (SSSR count). The van der Waals surface area contributed by atoms with Gasteiger partial charge in [-0.25, -0.2) is 4.98 Å². The second kappa shape index (κ2) is 8.96. The summed E-state index contributed by atoms with van der Waals surface area (Å²) in [4.78, 5) is 20.6. The van der Waals surface area contributed by atoms with Gasteiger partial charge in [0.2, 0.25) is 0 Å². The van der Waals surface area contributed by atoms with E-state index in [4.69, 9.17) is 4.98 Å². The minimum Gasteiger partial charge on any atom is -0.339 e. The number of benzene rings is 3. The highest BCUT2D eigenvalue weighted by molar-refractivity contribution is 6.07. The number of fused-ring (bicyclic) bond motifs is 1. The normalized spacial score (nSPS) is 14.6. The molecule has 0 spiro atoms. The van der Waals surface area contributed by atoms with E-state index in [-0.39, 0.29) is 5.91 Å². The quantitative estimate of drug-likeness (QED) is 0.388. The molecule has 4 aromatic rings. The molecule has 1 aromatic heterocycles. The van der Waals surface area contributed by atoms with Gasteiger partial charge in [-0.15, -0.1) is 0 Å². The first-order valence-corrected chi connectivity index (χ1v) is 11.5. The van der Waals surface area contributed by atoms with Crippen molar-refractivity contribution in [2.45, 2.75) is 26.2 Å². The van der Waals surface area contributed by atoms with Gasteiger partial charge in [0.1, 0.15) is 0 Å². The second-order valence-corrected chi connectivity index (χ2v) is 8.82. The third-order valence-corrected chi connectivity index (χ3v) is 6.61. The molecule has 2 heterocycles. The summed E-state index contributed by atoms with van der Waals surface area (Å²) in [5, 5.41) is 0.945. The van der Waals surface area contributed by atoms with Crippen LogP contribution in [0, 0.1) is 12.8 Å². The summed E-state index contributed by atoms with van der Waals surface area (Å²) in [6.45, 7) is 3.69. The van der Waals surface area contributed by atoms with Crippen LogP contribution >= 0.6 is 0 Å². The first kappa shape index (κ1) is 20.4. The van der Waals surface area contributed by atoms with Crippen molar-refractivity contribution in [3.63, 3.8) is 0 Å². The van der Waals surface area contributed by atoms with Crippen LogP contribution in [0.15, 0.2) is 84.9 Å². The number of carbonyl (C=O) groups excluding carboxylic acids is 1. The largest absolute Gasteiger partial charge is 0.339 e. The Morgan fingerprint density at radius 1 is 0.906 bits per heavy atom. The van der Waals surface area contributed by atoms with Crippen LogP contribution in [-0.2, 0) is 6.42 Å². The Morgan fingerprint density at radius 3 is 2.31 bits per heavy atom. The average Bonchev–Trinajstić information content (AvgIpc) is 2.85. The van der Waals surface area contributed by atoms with Crippen molar-refractivity contribution < 1.29 is 4.79 Å². The van der Waals surface area contributed by atoms with E-state index in [2.05, 4.69) is 55.5 Å². The van der Waals surface area contributed by atoms with Crippen molar-refractivity contribution in [1.29, 1.82) is 0 Å². The van der Waals surface area contributed by atoms with Crippen LogP contribution in [-0.4, -0.2) is 28.9 Å². The molecule has 32 heavy (non-hydrogen) atoms. The van der Waals surface area contributed by atoms with Gasteiger partial charge < -0.3 is 4.90 Å². The number of amides is 1. The van der Waals surface area contributed by atoms with Crippen molar-refractivity contribution in [3.8, 4) is 11.3 Å². The second-order valence-electron chi connectivity index (χ2n) is 8.82. The molecular formula is C29H28N2O. The zero-order chi connectivity index (χ0) is 21.9. The van der Waals surface area contributed by atoms with Crippen LogP contribution in [0.3, 0.4) is 0 Å². The molecule has 0 N–H and O–H groups in total. The van der Waals surface area contributed by atoms with Crippen LogP contribution in [0.2, 0.25) is 0 Å².